The lowest BCUT2D eigenvalue weighted by atomic mass is 9.69. The lowest BCUT2D eigenvalue weighted by Gasteiger charge is -2.35. The number of carboxylic acids is 1. The van der Waals surface area contributed by atoms with Crippen LogP contribution in [-0.2, 0) is 10.2 Å². The summed E-state index contributed by atoms with van der Waals surface area (Å²) < 4.78 is 10.9. The zero-order valence-corrected chi connectivity index (χ0v) is 12.3. The fraction of sp³-hybridized carbons (Fsp3) is 0.533. The van der Waals surface area contributed by atoms with Crippen LogP contribution in [-0.4, -0.2) is 29.4 Å². The van der Waals surface area contributed by atoms with Gasteiger partial charge in [-0.15, -0.1) is 0 Å². The van der Waals surface area contributed by atoms with E-state index < -0.39 is 11.4 Å². The summed E-state index contributed by atoms with van der Waals surface area (Å²) >= 11 is 6.15. The number of benzene rings is 1. The molecule has 6 heteroatoms. The van der Waals surface area contributed by atoms with Crippen molar-refractivity contribution in [1.29, 1.82) is 0 Å². The maximum Gasteiger partial charge on any atom is 0.314 e. The van der Waals surface area contributed by atoms with Gasteiger partial charge in [0.1, 0.15) is 24.0 Å². The van der Waals surface area contributed by atoms with E-state index in [1.54, 1.807) is 6.07 Å². The van der Waals surface area contributed by atoms with Gasteiger partial charge in [-0.25, -0.2) is 0 Å². The molecule has 3 rings (SSSR count). The number of carboxylic acid groups (broad SMARTS) is 1. The quantitative estimate of drug-likeness (QED) is 0.877. The number of phenols is 1. The van der Waals surface area contributed by atoms with E-state index in [9.17, 15) is 15.0 Å². The minimum absolute atomic E-state index is 0.0356. The molecule has 1 heterocycles. The number of phenolic OH excluding ortho intramolecular Hbond substituents is 1. The molecule has 0 saturated heterocycles. The molecule has 0 spiro atoms. The summed E-state index contributed by atoms with van der Waals surface area (Å²) in [6, 6.07) is 1.58. The Labute approximate surface area is 127 Å². The first-order valence-electron chi connectivity index (χ1n) is 7.11. The van der Waals surface area contributed by atoms with Crippen LogP contribution in [0.25, 0.3) is 0 Å². The summed E-state index contributed by atoms with van der Waals surface area (Å²) in [7, 11) is 0. The van der Waals surface area contributed by atoms with Gasteiger partial charge in [0, 0.05) is 5.56 Å². The number of hydrogen-bond donors (Lipinski definition) is 2. The van der Waals surface area contributed by atoms with Gasteiger partial charge < -0.3 is 19.7 Å². The van der Waals surface area contributed by atoms with Gasteiger partial charge in [-0.3, -0.25) is 4.79 Å². The van der Waals surface area contributed by atoms with Crippen molar-refractivity contribution in [3.63, 3.8) is 0 Å². The molecule has 0 bridgehead atoms. The van der Waals surface area contributed by atoms with E-state index in [4.69, 9.17) is 21.1 Å². The number of carbonyl (C=O) groups is 1. The number of hydrogen-bond acceptors (Lipinski definition) is 4. The van der Waals surface area contributed by atoms with Gasteiger partial charge in [0.25, 0.3) is 0 Å². The maximum absolute atomic E-state index is 11.9. The molecule has 1 saturated carbocycles. The Morgan fingerprint density at radius 3 is 2.52 bits per heavy atom. The molecule has 5 nitrogen and oxygen atoms in total. The van der Waals surface area contributed by atoms with Crippen molar-refractivity contribution in [3.05, 3.63) is 16.7 Å². The highest BCUT2D eigenvalue weighted by molar-refractivity contribution is 6.34. The first-order valence-corrected chi connectivity index (χ1v) is 7.49. The van der Waals surface area contributed by atoms with Crippen molar-refractivity contribution in [2.24, 2.45) is 0 Å². The molecule has 1 aromatic carbocycles. The maximum atomic E-state index is 11.9. The van der Waals surface area contributed by atoms with Crippen LogP contribution >= 0.6 is 11.6 Å². The molecule has 114 valence electrons. The molecule has 0 unspecified atom stereocenters. The average molecular weight is 313 g/mol. The Balaban J connectivity index is 2.16. The summed E-state index contributed by atoms with van der Waals surface area (Å²) in [6.45, 7) is 0.739. The zero-order valence-electron chi connectivity index (χ0n) is 11.5. The molecule has 0 aromatic heterocycles. The standard InChI is InChI=1S/C15H17ClO5/c16-11-12(17)9(8-10-13(11)21-7-6-20-10)15(14(18)19)4-2-1-3-5-15/h8,17H,1-7H2,(H,18,19). The second kappa shape index (κ2) is 5.30. The fourth-order valence-corrected chi connectivity index (χ4v) is 3.50. The Morgan fingerprint density at radius 2 is 1.86 bits per heavy atom. The van der Waals surface area contributed by atoms with Crippen molar-refractivity contribution in [2.45, 2.75) is 37.5 Å². The second-order valence-electron chi connectivity index (χ2n) is 5.56. The van der Waals surface area contributed by atoms with E-state index in [1.165, 1.54) is 0 Å². The van der Waals surface area contributed by atoms with Crippen molar-refractivity contribution in [2.75, 3.05) is 13.2 Å². The highest BCUT2D eigenvalue weighted by atomic mass is 35.5. The van der Waals surface area contributed by atoms with E-state index >= 15 is 0 Å². The smallest absolute Gasteiger partial charge is 0.314 e. The zero-order chi connectivity index (χ0) is 15.0. The van der Waals surface area contributed by atoms with Gasteiger partial charge in [0.05, 0.1) is 5.41 Å². The summed E-state index contributed by atoms with van der Waals surface area (Å²) in [6.07, 6.45) is 3.63. The third-order valence-corrected chi connectivity index (χ3v) is 4.73. The van der Waals surface area contributed by atoms with Crippen LogP contribution < -0.4 is 9.47 Å². The Morgan fingerprint density at radius 1 is 1.19 bits per heavy atom. The summed E-state index contributed by atoms with van der Waals surface area (Å²) in [4.78, 5) is 11.9. The molecule has 1 aliphatic carbocycles. The summed E-state index contributed by atoms with van der Waals surface area (Å²) in [5.74, 6) is -0.429. The van der Waals surface area contributed by atoms with Gasteiger partial charge >= 0.3 is 5.97 Å². The highest BCUT2D eigenvalue weighted by Crippen LogP contribution is 2.51. The van der Waals surface area contributed by atoms with E-state index in [-0.39, 0.29) is 10.8 Å². The minimum atomic E-state index is -1.10. The number of rotatable bonds is 2. The van der Waals surface area contributed by atoms with Gasteiger partial charge in [-0.1, -0.05) is 30.9 Å². The largest absolute Gasteiger partial charge is 0.506 e. The molecule has 1 aromatic rings. The third-order valence-electron chi connectivity index (χ3n) is 4.38. The van der Waals surface area contributed by atoms with Crippen LogP contribution in [0.3, 0.4) is 0 Å². The summed E-state index contributed by atoms with van der Waals surface area (Å²) in [5.41, 5.74) is -0.758. The Bertz CT molecular complexity index is 578. The van der Waals surface area contributed by atoms with Crippen molar-refractivity contribution in [3.8, 4) is 17.2 Å². The van der Waals surface area contributed by atoms with Crippen molar-refractivity contribution in [1.82, 2.24) is 0 Å². The molecule has 2 aliphatic rings. The van der Waals surface area contributed by atoms with E-state index in [1.807, 2.05) is 0 Å². The number of halogens is 1. The number of aromatic hydroxyl groups is 1. The molecule has 0 radical (unpaired) electrons. The van der Waals surface area contributed by atoms with Gasteiger partial charge in [-0.05, 0) is 18.9 Å². The first kappa shape index (κ1) is 14.3. The van der Waals surface area contributed by atoms with Crippen LogP contribution in [0.15, 0.2) is 6.07 Å². The normalized spacial score (nSPS) is 20.0. The minimum Gasteiger partial charge on any atom is -0.506 e. The topological polar surface area (TPSA) is 76.0 Å². The number of fused-ring (bicyclic) bond motifs is 1. The monoisotopic (exact) mass is 312 g/mol. The lowest BCUT2D eigenvalue weighted by Crippen LogP contribution is -2.38. The van der Waals surface area contributed by atoms with Gasteiger partial charge in [0.15, 0.2) is 11.5 Å². The Hall–Kier alpha value is -1.62. The van der Waals surface area contributed by atoms with Crippen LogP contribution in [0.1, 0.15) is 37.7 Å². The number of ether oxygens (including phenoxy) is 2. The van der Waals surface area contributed by atoms with Gasteiger partial charge in [0.2, 0.25) is 0 Å². The predicted octanol–water partition coefficient (Wildman–Crippen LogP) is 3.10. The molecule has 0 amide bonds. The average Bonchev–Trinajstić information content (AvgIpc) is 2.51. The SMILES string of the molecule is O=C(O)C1(c2cc3c(c(Cl)c2O)OCCO3)CCCCC1. The molecule has 21 heavy (non-hydrogen) atoms. The highest BCUT2D eigenvalue weighted by Gasteiger charge is 2.44. The van der Waals surface area contributed by atoms with E-state index in [0.717, 1.165) is 19.3 Å². The van der Waals surface area contributed by atoms with Crippen LogP contribution in [0, 0.1) is 0 Å². The fourth-order valence-electron chi connectivity index (χ4n) is 3.25. The summed E-state index contributed by atoms with van der Waals surface area (Å²) in [5, 5.41) is 20.2. The van der Waals surface area contributed by atoms with Crippen LogP contribution in [0.5, 0.6) is 17.2 Å². The second-order valence-corrected chi connectivity index (χ2v) is 5.94. The predicted molar refractivity (Wildman–Crippen MR) is 76.5 cm³/mol. The van der Waals surface area contributed by atoms with Crippen molar-refractivity contribution < 1.29 is 24.5 Å². The number of aliphatic carboxylic acids is 1. The van der Waals surface area contributed by atoms with Crippen molar-refractivity contribution >= 4 is 17.6 Å². The first-order chi connectivity index (χ1) is 10.1. The molecular weight excluding hydrogens is 296 g/mol. The molecule has 0 atom stereocenters. The van der Waals surface area contributed by atoms with Crippen LogP contribution in [0.2, 0.25) is 5.02 Å². The van der Waals surface area contributed by atoms with Crippen LogP contribution in [0.4, 0.5) is 0 Å². The molecule has 2 N–H and O–H groups in total. The lowest BCUT2D eigenvalue weighted by molar-refractivity contribution is -0.145. The third kappa shape index (κ3) is 2.20. The van der Waals surface area contributed by atoms with Gasteiger partial charge in [-0.2, -0.15) is 0 Å². The molecule has 1 fully saturated rings. The van der Waals surface area contributed by atoms with E-state index in [2.05, 4.69) is 0 Å². The molecular formula is C15H17ClO5. The molecule has 1 aliphatic heterocycles. The Kier molecular flexibility index (Phi) is 3.61. The van der Waals surface area contributed by atoms with E-state index in [0.29, 0.717) is 43.1 Å².